The van der Waals surface area contributed by atoms with Crippen molar-refractivity contribution >= 4 is 23.1 Å². The molecule has 0 amide bonds. The van der Waals surface area contributed by atoms with Crippen LogP contribution in [-0.4, -0.2) is 24.9 Å². The predicted octanol–water partition coefficient (Wildman–Crippen LogP) is 4.44. The summed E-state index contributed by atoms with van der Waals surface area (Å²) in [7, 11) is 0. The molecule has 0 fully saturated rings. The van der Waals surface area contributed by atoms with Crippen LogP contribution in [0, 0.1) is 6.92 Å². The Labute approximate surface area is 157 Å². The maximum absolute atomic E-state index is 5.38. The van der Waals surface area contributed by atoms with Crippen LogP contribution in [-0.2, 0) is 12.3 Å². The summed E-state index contributed by atoms with van der Waals surface area (Å²) in [5.74, 6) is 3.23. The van der Waals surface area contributed by atoms with Gasteiger partial charge in [-0.15, -0.1) is 28.1 Å². The standard InChI is InChI=1S/C17H15N5O2S2/c1-3-7-22-16(12-6-8-23-11(12)2)19-20-17(22)26-10-14-18-15(21-24-14)13-5-4-9-25-13/h3-6,8-9H,1,7,10H2,2H3. The van der Waals surface area contributed by atoms with E-state index >= 15 is 0 Å². The van der Waals surface area contributed by atoms with Crippen LogP contribution in [0.2, 0.25) is 0 Å². The highest BCUT2D eigenvalue weighted by molar-refractivity contribution is 7.98. The maximum Gasteiger partial charge on any atom is 0.237 e. The molecule has 4 heterocycles. The molecule has 0 N–H and O–H groups in total. The van der Waals surface area contributed by atoms with Crippen molar-refractivity contribution in [2.24, 2.45) is 0 Å². The van der Waals surface area contributed by atoms with Crippen LogP contribution in [0.5, 0.6) is 0 Å². The van der Waals surface area contributed by atoms with Gasteiger partial charge < -0.3 is 8.94 Å². The lowest BCUT2D eigenvalue weighted by Crippen LogP contribution is -2.00. The molecule has 4 aromatic rings. The zero-order chi connectivity index (χ0) is 17.9. The Bertz CT molecular complexity index is 1020. The van der Waals surface area contributed by atoms with Gasteiger partial charge in [0.1, 0.15) is 5.76 Å². The molecule has 26 heavy (non-hydrogen) atoms. The summed E-state index contributed by atoms with van der Waals surface area (Å²) in [5, 5.41) is 15.4. The van der Waals surface area contributed by atoms with Gasteiger partial charge in [-0.05, 0) is 24.4 Å². The SMILES string of the molecule is C=CCn1c(SCc2nc(-c3cccs3)no2)nnc1-c1ccoc1C. The number of rotatable bonds is 7. The second-order valence-corrected chi connectivity index (χ2v) is 7.26. The van der Waals surface area contributed by atoms with Gasteiger partial charge in [0.2, 0.25) is 11.7 Å². The van der Waals surface area contributed by atoms with E-state index in [1.54, 1.807) is 17.6 Å². The summed E-state index contributed by atoms with van der Waals surface area (Å²) in [6.45, 7) is 6.32. The van der Waals surface area contributed by atoms with Gasteiger partial charge in [0.25, 0.3) is 0 Å². The van der Waals surface area contributed by atoms with Crippen LogP contribution in [0.15, 0.2) is 56.6 Å². The van der Waals surface area contributed by atoms with Crippen molar-refractivity contribution in [2.75, 3.05) is 0 Å². The first-order valence-corrected chi connectivity index (χ1v) is 9.70. The van der Waals surface area contributed by atoms with E-state index in [4.69, 9.17) is 8.94 Å². The maximum atomic E-state index is 5.38. The van der Waals surface area contributed by atoms with Crippen molar-refractivity contribution < 1.29 is 8.94 Å². The number of aromatic nitrogens is 5. The summed E-state index contributed by atoms with van der Waals surface area (Å²) < 4.78 is 12.7. The van der Waals surface area contributed by atoms with Crippen molar-refractivity contribution in [3.63, 3.8) is 0 Å². The predicted molar refractivity (Wildman–Crippen MR) is 99.8 cm³/mol. The van der Waals surface area contributed by atoms with Gasteiger partial charge in [-0.2, -0.15) is 4.98 Å². The summed E-state index contributed by atoms with van der Waals surface area (Å²) >= 11 is 3.07. The topological polar surface area (TPSA) is 82.8 Å². The minimum absolute atomic E-state index is 0.512. The molecule has 0 aromatic carbocycles. The molecule has 0 saturated heterocycles. The summed E-state index contributed by atoms with van der Waals surface area (Å²) in [5.41, 5.74) is 0.920. The fourth-order valence-corrected chi connectivity index (χ4v) is 3.89. The number of aryl methyl sites for hydroxylation is 1. The molecule has 0 unspecified atom stereocenters. The van der Waals surface area contributed by atoms with Crippen molar-refractivity contribution in [3.8, 4) is 22.1 Å². The second-order valence-electron chi connectivity index (χ2n) is 5.37. The molecular formula is C17H15N5O2S2. The number of thiophene rings is 1. The van der Waals surface area contributed by atoms with Crippen molar-refractivity contribution in [1.82, 2.24) is 24.9 Å². The van der Waals surface area contributed by atoms with Crippen LogP contribution < -0.4 is 0 Å². The molecule has 0 radical (unpaired) electrons. The average molecular weight is 385 g/mol. The highest BCUT2D eigenvalue weighted by atomic mass is 32.2. The number of thioether (sulfide) groups is 1. The van der Waals surface area contributed by atoms with Crippen LogP contribution in [0.1, 0.15) is 11.7 Å². The molecule has 4 aromatic heterocycles. The molecule has 9 heteroatoms. The minimum Gasteiger partial charge on any atom is -0.469 e. The molecule has 0 atom stereocenters. The first-order valence-electron chi connectivity index (χ1n) is 7.84. The van der Waals surface area contributed by atoms with Crippen LogP contribution >= 0.6 is 23.1 Å². The molecule has 0 aliphatic carbocycles. The van der Waals surface area contributed by atoms with E-state index in [0.717, 1.165) is 27.2 Å². The van der Waals surface area contributed by atoms with E-state index in [1.165, 1.54) is 11.8 Å². The van der Waals surface area contributed by atoms with E-state index in [0.29, 0.717) is 24.0 Å². The summed E-state index contributed by atoms with van der Waals surface area (Å²) in [6, 6.07) is 5.81. The average Bonchev–Trinajstić information content (AvgIpc) is 3.41. The van der Waals surface area contributed by atoms with Gasteiger partial charge in [0.15, 0.2) is 11.0 Å². The van der Waals surface area contributed by atoms with Crippen molar-refractivity contribution in [2.45, 2.75) is 24.4 Å². The Kier molecular flexibility index (Phi) is 4.72. The third-order valence-electron chi connectivity index (χ3n) is 3.66. The van der Waals surface area contributed by atoms with Crippen LogP contribution in [0.25, 0.3) is 22.1 Å². The van der Waals surface area contributed by atoms with E-state index < -0.39 is 0 Å². The molecule has 0 bridgehead atoms. The van der Waals surface area contributed by atoms with E-state index in [2.05, 4.69) is 26.9 Å². The van der Waals surface area contributed by atoms with E-state index in [-0.39, 0.29) is 0 Å². The van der Waals surface area contributed by atoms with Crippen molar-refractivity contribution in [3.05, 3.63) is 54.1 Å². The van der Waals surface area contributed by atoms with Gasteiger partial charge in [0, 0.05) is 6.54 Å². The van der Waals surface area contributed by atoms with Crippen molar-refractivity contribution in [1.29, 1.82) is 0 Å². The Hall–Kier alpha value is -2.65. The molecule has 0 spiro atoms. The quantitative estimate of drug-likeness (QED) is 0.343. The van der Waals surface area contributed by atoms with E-state index in [1.807, 2.05) is 41.1 Å². The van der Waals surface area contributed by atoms with Gasteiger partial charge in [-0.3, -0.25) is 4.57 Å². The molecule has 7 nitrogen and oxygen atoms in total. The van der Waals surface area contributed by atoms with Gasteiger partial charge in [0.05, 0.1) is 22.5 Å². The Morgan fingerprint density at radius 2 is 2.27 bits per heavy atom. The lowest BCUT2D eigenvalue weighted by molar-refractivity contribution is 0.391. The van der Waals surface area contributed by atoms with Gasteiger partial charge in [-0.1, -0.05) is 29.1 Å². The fourth-order valence-electron chi connectivity index (χ4n) is 2.45. The molecule has 0 aliphatic heterocycles. The third-order valence-corrected chi connectivity index (χ3v) is 5.48. The molecule has 0 saturated carbocycles. The zero-order valence-corrected chi connectivity index (χ0v) is 15.6. The smallest absolute Gasteiger partial charge is 0.237 e. The molecule has 4 rings (SSSR count). The highest BCUT2D eigenvalue weighted by Crippen LogP contribution is 2.29. The first-order chi connectivity index (χ1) is 12.8. The Morgan fingerprint density at radius 3 is 3.00 bits per heavy atom. The number of hydrogen-bond acceptors (Lipinski definition) is 8. The fraction of sp³-hybridized carbons (Fsp3) is 0.176. The number of furan rings is 1. The third kappa shape index (κ3) is 3.23. The lowest BCUT2D eigenvalue weighted by Gasteiger charge is -2.06. The summed E-state index contributed by atoms with van der Waals surface area (Å²) in [4.78, 5) is 5.42. The highest BCUT2D eigenvalue weighted by Gasteiger charge is 2.18. The number of hydrogen-bond donors (Lipinski definition) is 0. The van der Waals surface area contributed by atoms with Gasteiger partial charge >= 0.3 is 0 Å². The number of allylic oxidation sites excluding steroid dienone is 1. The second kappa shape index (κ2) is 7.30. The number of nitrogens with zero attached hydrogens (tertiary/aromatic N) is 5. The first kappa shape index (κ1) is 16.8. The lowest BCUT2D eigenvalue weighted by atomic mass is 10.2. The molecule has 0 aliphatic rings. The van der Waals surface area contributed by atoms with Crippen LogP contribution in [0.4, 0.5) is 0 Å². The molecular weight excluding hydrogens is 370 g/mol. The zero-order valence-electron chi connectivity index (χ0n) is 14.0. The minimum atomic E-state index is 0.512. The van der Waals surface area contributed by atoms with Crippen LogP contribution in [0.3, 0.4) is 0 Å². The Morgan fingerprint density at radius 1 is 1.35 bits per heavy atom. The monoisotopic (exact) mass is 385 g/mol. The Balaban J connectivity index is 1.54. The largest absolute Gasteiger partial charge is 0.469 e. The normalized spacial score (nSPS) is 11.1. The molecule has 132 valence electrons. The van der Waals surface area contributed by atoms with E-state index in [9.17, 15) is 0 Å². The van der Waals surface area contributed by atoms with Gasteiger partial charge in [-0.25, -0.2) is 0 Å². The summed E-state index contributed by atoms with van der Waals surface area (Å²) in [6.07, 6.45) is 3.46.